The quantitative estimate of drug-likeness (QED) is 0.872. The third-order valence-corrected chi connectivity index (χ3v) is 5.09. The van der Waals surface area contributed by atoms with Gasteiger partial charge in [0.15, 0.2) is 5.76 Å². The van der Waals surface area contributed by atoms with Crippen molar-refractivity contribution < 1.29 is 9.21 Å². The zero-order valence-corrected chi connectivity index (χ0v) is 15.1. The van der Waals surface area contributed by atoms with Gasteiger partial charge in [-0.15, -0.1) is 0 Å². The van der Waals surface area contributed by atoms with Crippen molar-refractivity contribution in [2.24, 2.45) is 0 Å². The zero-order chi connectivity index (χ0) is 16.9. The van der Waals surface area contributed by atoms with Gasteiger partial charge in [-0.25, -0.2) is 0 Å². The molecule has 1 fully saturated rings. The van der Waals surface area contributed by atoms with E-state index in [0.29, 0.717) is 5.76 Å². The van der Waals surface area contributed by atoms with Crippen LogP contribution in [0, 0.1) is 0 Å². The molecule has 1 unspecified atom stereocenters. The average Bonchev–Trinajstić information content (AvgIpc) is 3.21. The third-order valence-electron chi connectivity index (χ3n) is 4.36. The normalized spacial score (nSPS) is 17.8. The summed E-state index contributed by atoms with van der Waals surface area (Å²) in [6.45, 7) is 7.02. The van der Waals surface area contributed by atoms with Crippen LogP contribution < -0.4 is 5.32 Å². The summed E-state index contributed by atoms with van der Waals surface area (Å²) in [7, 11) is 2.14. The minimum atomic E-state index is -0.137. The van der Waals surface area contributed by atoms with Crippen LogP contribution >= 0.6 is 11.3 Å². The molecule has 0 aromatic carbocycles. The number of furan rings is 1. The molecule has 1 atom stereocenters. The van der Waals surface area contributed by atoms with Crippen LogP contribution in [0.4, 0.5) is 0 Å². The van der Waals surface area contributed by atoms with Gasteiger partial charge >= 0.3 is 0 Å². The van der Waals surface area contributed by atoms with E-state index in [4.69, 9.17) is 4.42 Å². The molecule has 0 spiro atoms. The van der Waals surface area contributed by atoms with Crippen molar-refractivity contribution in [1.82, 2.24) is 15.1 Å². The third kappa shape index (κ3) is 4.69. The van der Waals surface area contributed by atoms with Crippen LogP contribution in [0.25, 0.3) is 0 Å². The lowest BCUT2D eigenvalue weighted by Gasteiger charge is -2.31. The van der Waals surface area contributed by atoms with Gasteiger partial charge in [-0.05, 0) is 54.9 Å². The monoisotopic (exact) mass is 347 g/mol. The molecule has 1 saturated heterocycles. The number of carbonyl (C=O) groups excluding carboxylic acids is 1. The van der Waals surface area contributed by atoms with Gasteiger partial charge in [0.05, 0.1) is 6.54 Å². The molecule has 2 aromatic rings. The molecule has 0 aliphatic carbocycles. The van der Waals surface area contributed by atoms with E-state index in [2.05, 4.69) is 39.0 Å². The molecule has 3 heterocycles. The first-order chi connectivity index (χ1) is 11.6. The van der Waals surface area contributed by atoms with Crippen molar-refractivity contribution in [3.8, 4) is 0 Å². The number of hydrogen-bond donors (Lipinski definition) is 1. The van der Waals surface area contributed by atoms with Gasteiger partial charge in [-0.3, -0.25) is 9.69 Å². The SMILES string of the molecule is CC(Cc1ccsc1)NC(=O)c1ccc(CN2CCN(C)CC2)o1. The van der Waals surface area contributed by atoms with Gasteiger partial charge in [0, 0.05) is 32.2 Å². The molecule has 1 aliphatic heterocycles. The van der Waals surface area contributed by atoms with E-state index in [1.54, 1.807) is 17.4 Å². The van der Waals surface area contributed by atoms with Gasteiger partial charge in [0.2, 0.25) is 0 Å². The highest BCUT2D eigenvalue weighted by Gasteiger charge is 2.18. The van der Waals surface area contributed by atoms with Gasteiger partial charge in [-0.1, -0.05) is 0 Å². The molecule has 130 valence electrons. The van der Waals surface area contributed by atoms with E-state index in [0.717, 1.165) is 44.9 Å². The predicted octanol–water partition coefficient (Wildman–Crippen LogP) is 2.45. The van der Waals surface area contributed by atoms with Crippen LogP contribution in [-0.4, -0.2) is 55.0 Å². The van der Waals surface area contributed by atoms with Gasteiger partial charge in [-0.2, -0.15) is 11.3 Å². The van der Waals surface area contributed by atoms with Gasteiger partial charge < -0.3 is 14.6 Å². The van der Waals surface area contributed by atoms with E-state index in [1.807, 2.05) is 13.0 Å². The van der Waals surface area contributed by atoms with Crippen molar-refractivity contribution in [2.75, 3.05) is 33.2 Å². The van der Waals surface area contributed by atoms with Crippen LogP contribution in [0.5, 0.6) is 0 Å². The van der Waals surface area contributed by atoms with Crippen molar-refractivity contribution >= 4 is 17.2 Å². The summed E-state index contributed by atoms with van der Waals surface area (Å²) in [5.41, 5.74) is 1.25. The summed E-state index contributed by atoms with van der Waals surface area (Å²) < 4.78 is 5.75. The van der Waals surface area contributed by atoms with E-state index in [-0.39, 0.29) is 11.9 Å². The summed E-state index contributed by atoms with van der Waals surface area (Å²) in [5, 5.41) is 7.18. The zero-order valence-electron chi connectivity index (χ0n) is 14.3. The second-order valence-corrected chi connectivity index (χ2v) is 7.34. The summed E-state index contributed by atoms with van der Waals surface area (Å²) in [6, 6.07) is 5.86. The van der Waals surface area contributed by atoms with Gasteiger partial charge in [0.1, 0.15) is 5.76 Å². The Morgan fingerprint density at radius 3 is 2.79 bits per heavy atom. The minimum absolute atomic E-state index is 0.0817. The first kappa shape index (κ1) is 17.2. The fraction of sp³-hybridized carbons (Fsp3) is 0.500. The summed E-state index contributed by atoms with van der Waals surface area (Å²) in [6.07, 6.45) is 0.837. The van der Waals surface area contributed by atoms with Crippen molar-refractivity contribution in [1.29, 1.82) is 0 Å². The van der Waals surface area contributed by atoms with Crippen LogP contribution in [0.3, 0.4) is 0 Å². The number of rotatable bonds is 6. The van der Waals surface area contributed by atoms with E-state index in [1.165, 1.54) is 5.56 Å². The fourth-order valence-electron chi connectivity index (χ4n) is 2.92. The topological polar surface area (TPSA) is 48.7 Å². The molecule has 24 heavy (non-hydrogen) atoms. The maximum Gasteiger partial charge on any atom is 0.287 e. The summed E-state index contributed by atoms with van der Waals surface area (Å²) in [5.74, 6) is 1.12. The van der Waals surface area contributed by atoms with E-state index >= 15 is 0 Å². The molecule has 6 heteroatoms. The fourth-order valence-corrected chi connectivity index (χ4v) is 3.60. The minimum Gasteiger partial charge on any atom is -0.455 e. The molecule has 0 bridgehead atoms. The molecule has 1 amide bonds. The molecular formula is C18H25N3O2S. The summed E-state index contributed by atoms with van der Waals surface area (Å²) in [4.78, 5) is 17.0. The largest absolute Gasteiger partial charge is 0.455 e. The Morgan fingerprint density at radius 1 is 1.29 bits per heavy atom. The number of nitrogens with zero attached hydrogens (tertiary/aromatic N) is 2. The molecule has 0 radical (unpaired) electrons. The first-order valence-corrected chi connectivity index (χ1v) is 9.36. The molecule has 1 aliphatic rings. The molecule has 1 N–H and O–H groups in total. The Labute approximate surface area is 147 Å². The molecule has 2 aromatic heterocycles. The second-order valence-electron chi connectivity index (χ2n) is 6.56. The number of hydrogen-bond acceptors (Lipinski definition) is 5. The van der Waals surface area contributed by atoms with E-state index < -0.39 is 0 Å². The molecule has 3 rings (SSSR count). The predicted molar refractivity (Wildman–Crippen MR) is 96.4 cm³/mol. The number of thiophene rings is 1. The summed E-state index contributed by atoms with van der Waals surface area (Å²) >= 11 is 1.68. The Balaban J connectivity index is 1.50. The standard InChI is InChI=1S/C18H25N3O2S/c1-14(11-15-5-10-24-13-15)19-18(22)17-4-3-16(23-17)12-21-8-6-20(2)7-9-21/h3-5,10,13-14H,6-9,11-12H2,1-2H3,(H,19,22). The maximum atomic E-state index is 12.3. The second kappa shape index (κ2) is 7.96. The lowest BCUT2D eigenvalue weighted by Crippen LogP contribution is -2.43. The van der Waals surface area contributed by atoms with Crippen LogP contribution in [0.2, 0.25) is 0 Å². The highest BCUT2D eigenvalue weighted by Crippen LogP contribution is 2.13. The average molecular weight is 347 g/mol. The Bertz CT molecular complexity index is 645. The Kier molecular flexibility index (Phi) is 5.71. The molecule has 0 saturated carbocycles. The number of amides is 1. The number of likely N-dealkylation sites (N-methyl/N-ethyl adjacent to an activating group) is 1. The highest BCUT2D eigenvalue weighted by atomic mass is 32.1. The Morgan fingerprint density at radius 2 is 2.08 bits per heavy atom. The van der Waals surface area contributed by atoms with E-state index in [9.17, 15) is 4.79 Å². The smallest absolute Gasteiger partial charge is 0.287 e. The molecule has 5 nitrogen and oxygen atoms in total. The van der Waals surface area contributed by atoms with Crippen LogP contribution in [0.15, 0.2) is 33.4 Å². The lowest BCUT2D eigenvalue weighted by molar-refractivity contribution is 0.0905. The maximum absolute atomic E-state index is 12.3. The first-order valence-electron chi connectivity index (χ1n) is 8.41. The van der Waals surface area contributed by atoms with Crippen molar-refractivity contribution in [2.45, 2.75) is 25.9 Å². The van der Waals surface area contributed by atoms with Crippen LogP contribution in [0.1, 0.15) is 28.8 Å². The number of nitrogens with one attached hydrogen (secondary N) is 1. The molecular weight excluding hydrogens is 322 g/mol. The van der Waals surface area contributed by atoms with Crippen LogP contribution in [-0.2, 0) is 13.0 Å². The lowest BCUT2D eigenvalue weighted by atomic mass is 10.1. The van der Waals surface area contributed by atoms with Crippen molar-refractivity contribution in [3.63, 3.8) is 0 Å². The number of piperazine rings is 1. The van der Waals surface area contributed by atoms with Crippen molar-refractivity contribution in [3.05, 3.63) is 46.0 Å². The number of carbonyl (C=O) groups is 1. The Hall–Kier alpha value is -1.63. The highest BCUT2D eigenvalue weighted by molar-refractivity contribution is 7.07. The van der Waals surface area contributed by atoms with Gasteiger partial charge in [0.25, 0.3) is 5.91 Å².